The van der Waals surface area contributed by atoms with E-state index >= 15 is 0 Å². The first-order valence-corrected chi connectivity index (χ1v) is 9.13. The fraction of sp³-hybridized carbons (Fsp3) is 0.409. The van der Waals surface area contributed by atoms with Crippen LogP contribution in [0.5, 0.6) is 11.5 Å². The summed E-state index contributed by atoms with van der Waals surface area (Å²) in [5, 5.41) is 2.95. The second kappa shape index (κ2) is 9.27. The van der Waals surface area contributed by atoms with Gasteiger partial charge in [0.15, 0.2) is 6.10 Å². The van der Waals surface area contributed by atoms with Crippen molar-refractivity contribution < 1.29 is 14.3 Å². The first-order valence-electron chi connectivity index (χ1n) is 9.13. The first kappa shape index (κ1) is 19.8. The van der Waals surface area contributed by atoms with Crippen LogP contribution < -0.4 is 14.8 Å². The molecule has 0 aliphatic rings. The number of benzene rings is 2. The Morgan fingerprint density at radius 2 is 1.58 bits per heavy atom. The van der Waals surface area contributed by atoms with Crippen LogP contribution in [-0.4, -0.2) is 24.7 Å². The number of aryl methyl sites for hydroxylation is 1. The van der Waals surface area contributed by atoms with Crippen molar-refractivity contribution in [3.05, 3.63) is 59.7 Å². The number of para-hydroxylation sites is 2. The average Bonchev–Trinajstić information content (AvgIpc) is 2.61. The molecular formula is C22H29NO3. The van der Waals surface area contributed by atoms with Crippen LogP contribution in [-0.2, 0) is 4.79 Å². The third-order valence-electron chi connectivity index (χ3n) is 4.19. The molecule has 140 valence electrons. The molecule has 1 amide bonds. The molecule has 4 heteroatoms. The van der Waals surface area contributed by atoms with Gasteiger partial charge in [0.25, 0.3) is 5.91 Å². The molecule has 4 nitrogen and oxygen atoms in total. The van der Waals surface area contributed by atoms with Crippen molar-refractivity contribution in [2.45, 2.75) is 52.7 Å². The summed E-state index contributed by atoms with van der Waals surface area (Å²) in [5.74, 6) is 1.78. The quantitative estimate of drug-likeness (QED) is 0.760. The molecule has 0 bridgehead atoms. The monoisotopic (exact) mass is 355 g/mol. The molecule has 0 aliphatic carbocycles. The fourth-order valence-corrected chi connectivity index (χ4v) is 2.64. The maximum atomic E-state index is 12.4. The van der Waals surface area contributed by atoms with E-state index in [-0.39, 0.29) is 11.9 Å². The van der Waals surface area contributed by atoms with Gasteiger partial charge in [-0.1, -0.05) is 50.2 Å². The van der Waals surface area contributed by atoms with Gasteiger partial charge in [0.05, 0.1) is 6.04 Å². The van der Waals surface area contributed by atoms with Crippen molar-refractivity contribution in [3.63, 3.8) is 0 Å². The molecule has 2 atom stereocenters. The number of carbonyl (C=O) groups is 1. The molecule has 0 fully saturated rings. The normalized spacial score (nSPS) is 13.2. The number of hydrogen-bond donors (Lipinski definition) is 1. The minimum Gasteiger partial charge on any atom is -0.491 e. The Bertz CT molecular complexity index is 727. The third kappa shape index (κ3) is 5.51. The molecule has 1 N–H and O–H groups in total. The zero-order valence-corrected chi connectivity index (χ0v) is 16.3. The molecule has 0 unspecified atom stereocenters. The summed E-state index contributed by atoms with van der Waals surface area (Å²) in [6.45, 7) is 10.3. The summed E-state index contributed by atoms with van der Waals surface area (Å²) in [6.07, 6.45) is -0.573. The lowest BCUT2D eigenvalue weighted by Crippen LogP contribution is -2.43. The molecule has 2 aromatic rings. The van der Waals surface area contributed by atoms with Gasteiger partial charge in [0.1, 0.15) is 18.1 Å². The van der Waals surface area contributed by atoms with Crippen molar-refractivity contribution in [3.8, 4) is 11.5 Å². The second-order valence-corrected chi connectivity index (χ2v) is 6.94. The zero-order chi connectivity index (χ0) is 19.1. The SMILES string of the molecule is Cc1ccccc1OC[C@@H](C)NC(=O)[C@@H](C)Oc1ccccc1C(C)C. The number of rotatable bonds is 8. The van der Waals surface area contributed by atoms with E-state index in [1.165, 1.54) is 0 Å². The molecule has 0 aromatic heterocycles. The molecule has 0 radical (unpaired) electrons. The summed E-state index contributed by atoms with van der Waals surface area (Å²) in [7, 11) is 0. The molecule has 0 aliphatic heterocycles. The van der Waals surface area contributed by atoms with Gasteiger partial charge in [0, 0.05) is 0 Å². The maximum Gasteiger partial charge on any atom is 0.261 e. The average molecular weight is 355 g/mol. The summed E-state index contributed by atoms with van der Waals surface area (Å²) < 4.78 is 11.7. The standard InChI is InChI=1S/C22H29NO3/c1-15(2)19-11-7-9-13-21(19)26-18(5)22(24)23-17(4)14-25-20-12-8-6-10-16(20)3/h6-13,15,17-18H,14H2,1-5H3,(H,23,24)/t17-,18-/m1/s1. The van der Waals surface area contributed by atoms with E-state index in [1.54, 1.807) is 6.92 Å². The minimum absolute atomic E-state index is 0.117. The van der Waals surface area contributed by atoms with Crippen LogP contribution in [0, 0.1) is 6.92 Å². The maximum absolute atomic E-state index is 12.4. The number of hydrogen-bond acceptors (Lipinski definition) is 3. The van der Waals surface area contributed by atoms with Crippen LogP contribution in [0.2, 0.25) is 0 Å². The minimum atomic E-state index is -0.573. The number of amides is 1. The van der Waals surface area contributed by atoms with E-state index in [9.17, 15) is 4.79 Å². The Hall–Kier alpha value is -2.49. The van der Waals surface area contributed by atoms with Gasteiger partial charge in [-0.25, -0.2) is 0 Å². The van der Waals surface area contributed by atoms with Gasteiger partial charge in [0.2, 0.25) is 0 Å². The highest BCUT2D eigenvalue weighted by molar-refractivity contribution is 5.81. The van der Waals surface area contributed by atoms with E-state index in [4.69, 9.17) is 9.47 Å². The van der Waals surface area contributed by atoms with Crippen LogP contribution in [0.3, 0.4) is 0 Å². The summed E-state index contributed by atoms with van der Waals surface area (Å²) in [4.78, 5) is 12.4. The lowest BCUT2D eigenvalue weighted by Gasteiger charge is -2.21. The van der Waals surface area contributed by atoms with Gasteiger partial charge in [-0.15, -0.1) is 0 Å². The van der Waals surface area contributed by atoms with E-state index in [0.717, 1.165) is 22.6 Å². The number of nitrogens with one attached hydrogen (secondary N) is 1. The molecule has 0 saturated heterocycles. The van der Waals surface area contributed by atoms with Gasteiger partial charge >= 0.3 is 0 Å². The zero-order valence-electron chi connectivity index (χ0n) is 16.3. The predicted octanol–water partition coefficient (Wildman–Crippen LogP) is 4.47. The third-order valence-corrected chi connectivity index (χ3v) is 4.19. The largest absolute Gasteiger partial charge is 0.491 e. The van der Waals surface area contributed by atoms with E-state index in [1.807, 2.05) is 62.4 Å². The Morgan fingerprint density at radius 1 is 0.962 bits per heavy atom. The predicted molar refractivity (Wildman–Crippen MR) is 105 cm³/mol. The van der Waals surface area contributed by atoms with Gasteiger partial charge in [-0.3, -0.25) is 4.79 Å². The lowest BCUT2D eigenvalue weighted by atomic mass is 10.0. The van der Waals surface area contributed by atoms with Crippen LogP contribution in [0.25, 0.3) is 0 Å². The highest BCUT2D eigenvalue weighted by Gasteiger charge is 2.19. The van der Waals surface area contributed by atoms with E-state index in [2.05, 4.69) is 19.2 Å². The van der Waals surface area contributed by atoms with Crippen molar-refractivity contribution in [1.82, 2.24) is 5.32 Å². The van der Waals surface area contributed by atoms with Crippen LogP contribution in [0.4, 0.5) is 0 Å². The molecule has 0 saturated carbocycles. The summed E-state index contributed by atoms with van der Waals surface area (Å²) >= 11 is 0. The molecule has 0 spiro atoms. The molecule has 2 rings (SSSR count). The van der Waals surface area contributed by atoms with Crippen molar-refractivity contribution in [2.24, 2.45) is 0 Å². The Balaban J connectivity index is 1.87. The van der Waals surface area contributed by atoms with Crippen molar-refractivity contribution in [1.29, 1.82) is 0 Å². The Morgan fingerprint density at radius 3 is 2.23 bits per heavy atom. The Labute approximate surface area is 156 Å². The van der Waals surface area contributed by atoms with Crippen LogP contribution in [0.1, 0.15) is 44.7 Å². The molecule has 2 aromatic carbocycles. The highest BCUT2D eigenvalue weighted by Crippen LogP contribution is 2.26. The number of ether oxygens (including phenoxy) is 2. The molecule has 0 heterocycles. The molecule has 26 heavy (non-hydrogen) atoms. The van der Waals surface area contributed by atoms with E-state index < -0.39 is 6.10 Å². The first-order chi connectivity index (χ1) is 12.4. The van der Waals surface area contributed by atoms with Gasteiger partial charge in [-0.05, 0) is 49.9 Å². The summed E-state index contributed by atoms with van der Waals surface area (Å²) in [5.41, 5.74) is 2.18. The summed E-state index contributed by atoms with van der Waals surface area (Å²) in [6, 6.07) is 15.6. The lowest BCUT2D eigenvalue weighted by molar-refractivity contribution is -0.128. The number of carbonyl (C=O) groups excluding carboxylic acids is 1. The van der Waals surface area contributed by atoms with Gasteiger partial charge < -0.3 is 14.8 Å². The van der Waals surface area contributed by atoms with Crippen molar-refractivity contribution in [2.75, 3.05) is 6.61 Å². The van der Waals surface area contributed by atoms with Crippen molar-refractivity contribution >= 4 is 5.91 Å². The van der Waals surface area contributed by atoms with Crippen LogP contribution in [0.15, 0.2) is 48.5 Å². The van der Waals surface area contributed by atoms with Gasteiger partial charge in [-0.2, -0.15) is 0 Å². The second-order valence-electron chi connectivity index (χ2n) is 6.94. The highest BCUT2D eigenvalue weighted by atomic mass is 16.5. The molecular weight excluding hydrogens is 326 g/mol. The smallest absolute Gasteiger partial charge is 0.261 e. The Kier molecular flexibility index (Phi) is 7.07. The van der Waals surface area contributed by atoms with Crippen LogP contribution >= 0.6 is 0 Å². The topological polar surface area (TPSA) is 47.6 Å². The van der Waals surface area contributed by atoms with E-state index in [0.29, 0.717) is 12.5 Å². The fourth-order valence-electron chi connectivity index (χ4n) is 2.64.